The van der Waals surface area contributed by atoms with E-state index in [2.05, 4.69) is 0 Å². The van der Waals surface area contributed by atoms with Crippen LogP contribution in [0, 0.1) is 18.6 Å². The van der Waals surface area contributed by atoms with E-state index >= 15 is 0 Å². The molecule has 0 spiro atoms. The largest absolute Gasteiger partial charge is 0.504 e. The second-order valence-corrected chi connectivity index (χ2v) is 4.18. The predicted molar refractivity (Wildman–Crippen MR) is 64.9 cm³/mol. The van der Waals surface area contributed by atoms with Gasteiger partial charge in [-0.25, -0.2) is 8.78 Å². The lowest BCUT2D eigenvalue weighted by Gasteiger charge is -2.13. The highest BCUT2D eigenvalue weighted by Gasteiger charge is 2.25. The van der Waals surface area contributed by atoms with Crippen molar-refractivity contribution in [3.63, 3.8) is 0 Å². The molecule has 5 nitrogen and oxygen atoms in total. The van der Waals surface area contributed by atoms with Crippen LogP contribution in [0.25, 0.3) is 11.1 Å². The zero-order valence-electron chi connectivity index (χ0n) is 10.1. The summed E-state index contributed by atoms with van der Waals surface area (Å²) in [5, 5.41) is 47.3. The Balaban J connectivity index is 2.83. The summed E-state index contributed by atoms with van der Waals surface area (Å²) in [6.45, 7) is 1.19. The first-order chi connectivity index (χ1) is 9.25. The van der Waals surface area contributed by atoms with Crippen LogP contribution in [0.15, 0.2) is 12.1 Å². The van der Waals surface area contributed by atoms with Crippen LogP contribution < -0.4 is 0 Å². The summed E-state index contributed by atoms with van der Waals surface area (Å²) < 4.78 is 27.0. The third-order valence-electron chi connectivity index (χ3n) is 2.94. The number of rotatable bonds is 1. The van der Waals surface area contributed by atoms with Crippen LogP contribution in [0.1, 0.15) is 5.56 Å². The maximum Gasteiger partial charge on any atom is 0.208 e. The molecule has 0 heterocycles. The van der Waals surface area contributed by atoms with E-state index in [0.29, 0.717) is 0 Å². The third-order valence-corrected chi connectivity index (χ3v) is 2.94. The topological polar surface area (TPSA) is 101 Å². The monoisotopic (exact) mass is 284 g/mol. The number of benzene rings is 2. The average Bonchev–Trinajstić information content (AvgIpc) is 2.40. The molecule has 0 aliphatic heterocycles. The van der Waals surface area contributed by atoms with E-state index < -0.39 is 45.9 Å². The Morgan fingerprint density at radius 2 is 1.05 bits per heavy atom. The van der Waals surface area contributed by atoms with Crippen LogP contribution in [-0.2, 0) is 0 Å². The Morgan fingerprint density at radius 1 is 0.700 bits per heavy atom. The van der Waals surface area contributed by atoms with Gasteiger partial charge in [0.05, 0.1) is 5.56 Å². The Hall–Kier alpha value is -2.70. The van der Waals surface area contributed by atoms with Crippen molar-refractivity contribution >= 4 is 0 Å². The zero-order valence-corrected chi connectivity index (χ0v) is 10.1. The summed E-state index contributed by atoms with van der Waals surface area (Å²) in [4.78, 5) is 0. The zero-order chi connectivity index (χ0) is 15.2. The van der Waals surface area contributed by atoms with Crippen LogP contribution in [-0.4, -0.2) is 25.5 Å². The summed E-state index contributed by atoms with van der Waals surface area (Å²) in [6.07, 6.45) is 0. The smallest absolute Gasteiger partial charge is 0.208 e. The first-order valence-corrected chi connectivity index (χ1v) is 5.40. The fourth-order valence-electron chi connectivity index (χ4n) is 1.75. The Bertz CT molecular complexity index is 660. The molecule has 20 heavy (non-hydrogen) atoms. The lowest BCUT2D eigenvalue weighted by atomic mass is 10.00. The normalized spacial score (nSPS) is 10.8. The number of phenols is 5. The Kier molecular flexibility index (Phi) is 3.05. The van der Waals surface area contributed by atoms with E-state index in [1.807, 2.05) is 0 Å². The summed E-state index contributed by atoms with van der Waals surface area (Å²) in [6, 6.07) is 1.62. The van der Waals surface area contributed by atoms with Crippen molar-refractivity contribution in [3.05, 3.63) is 29.3 Å². The second-order valence-electron chi connectivity index (χ2n) is 4.18. The van der Waals surface area contributed by atoms with E-state index in [4.69, 9.17) is 0 Å². The van der Waals surface area contributed by atoms with Crippen molar-refractivity contribution in [1.29, 1.82) is 0 Å². The summed E-state index contributed by atoms with van der Waals surface area (Å²) in [7, 11) is 0. The molecule has 0 amide bonds. The standard InChI is InChI=1S/C13H10F2O5/c1-4-6(14)2-5(3-7(4)15)8-9(16)11(18)13(20)12(19)10(8)17/h2-3,16-20H,1H3. The molecule has 0 fully saturated rings. The highest BCUT2D eigenvalue weighted by Crippen LogP contribution is 2.54. The van der Waals surface area contributed by atoms with Gasteiger partial charge >= 0.3 is 0 Å². The van der Waals surface area contributed by atoms with Gasteiger partial charge in [0.1, 0.15) is 11.6 Å². The van der Waals surface area contributed by atoms with Gasteiger partial charge in [0.2, 0.25) is 17.2 Å². The maximum atomic E-state index is 13.5. The van der Waals surface area contributed by atoms with Crippen molar-refractivity contribution in [2.45, 2.75) is 6.92 Å². The van der Waals surface area contributed by atoms with E-state index in [-0.39, 0.29) is 11.1 Å². The van der Waals surface area contributed by atoms with Gasteiger partial charge < -0.3 is 25.5 Å². The van der Waals surface area contributed by atoms with Gasteiger partial charge in [-0.3, -0.25) is 0 Å². The first-order valence-electron chi connectivity index (χ1n) is 5.40. The first kappa shape index (κ1) is 13.7. The molecular formula is C13H10F2O5. The van der Waals surface area contributed by atoms with E-state index in [9.17, 15) is 34.3 Å². The number of halogens is 2. The van der Waals surface area contributed by atoms with Crippen molar-refractivity contribution in [1.82, 2.24) is 0 Å². The number of hydrogen-bond donors (Lipinski definition) is 5. The van der Waals surface area contributed by atoms with Crippen molar-refractivity contribution in [2.24, 2.45) is 0 Å². The summed E-state index contributed by atoms with van der Waals surface area (Å²) >= 11 is 0. The van der Waals surface area contributed by atoms with Crippen LogP contribution in [0.5, 0.6) is 28.7 Å². The van der Waals surface area contributed by atoms with Gasteiger partial charge in [0, 0.05) is 5.56 Å². The highest BCUT2D eigenvalue weighted by molar-refractivity contribution is 5.85. The van der Waals surface area contributed by atoms with Gasteiger partial charge in [0.15, 0.2) is 11.5 Å². The van der Waals surface area contributed by atoms with Gasteiger partial charge in [-0.1, -0.05) is 0 Å². The minimum atomic E-state index is -1.14. The fraction of sp³-hybridized carbons (Fsp3) is 0.0769. The quantitative estimate of drug-likeness (QED) is 0.409. The molecule has 0 aromatic heterocycles. The molecule has 2 aromatic carbocycles. The number of aromatic hydroxyl groups is 5. The molecular weight excluding hydrogens is 274 g/mol. The molecule has 0 saturated carbocycles. The van der Waals surface area contributed by atoms with Gasteiger partial charge in [-0.05, 0) is 24.6 Å². The van der Waals surface area contributed by atoms with Crippen molar-refractivity contribution in [3.8, 4) is 39.9 Å². The van der Waals surface area contributed by atoms with E-state index in [1.165, 1.54) is 6.92 Å². The number of phenolic OH excluding ortho intramolecular Hbond substituents is 5. The minimum Gasteiger partial charge on any atom is -0.504 e. The van der Waals surface area contributed by atoms with Gasteiger partial charge in [0.25, 0.3) is 0 Å². The second kappa shape index (κ2) is 4.44. The Morgan fingerprint density at radius 3 is 1.45 bits per heavy atom. The molecule has 7 heteroatoms. The molecule has 2 rings (SSSR count). The lowest BCUT2D eigenvalue weighted by Crippen LogP contribution is -1.92. The third kappa shape index (κ3) is 1.83. The summed E-state index contributed by atoms with van der Waals surface area (Å²) in [5.74, 6) is -7.28. The minimum absolute atomic E-state index is 0.264. The van der Waals surface area contributed by atoms with Crippen LogP contribution in [0.2, 0.25) is 0 Å². The Labute approximate surface area is 111 Å². The highest BCUT2D eigenvalue weighted by atomic mass is 19.1. The molecule has 2 aromatic rings. The molecule has 106 valence electrons. The molecule has 0 aliphatic rings. The van der Waals surface area contributed by atoms with Gasteiger partial charge in [-0.15, -0.1) is 0 Å². The van der Waals surface area contributed by atoms with Crippen LogP contribution in [0.3, 0.4) is 0 Å². The number of hydrogen-bond acceptors (Lipinski definition) is 5. The van der Waals surface area contributed by atoms with Crippen LogP contribution >= 0.6 is 0 Å². The van der Waals surface area contributed by atoms with Crippen molar-refractivity contribution in [2.75, 3.05) is 0 Å². The van der Waals surface area contributed by atoms with E-state index in [1.54, 1.807) is 0 Å². The van der Waals surface area contributed by atoms with Gasteiger partial charge in [-0.2, -0.15) is 0 Å². The molecule has 0 bridgehead atoms. The fourth-order valence-corrected chi connectivity index (χ4v) is 1.75. The molecule has 0 unspecified atom stereocenters. The van der Waals surface area contributed by atoms with Crippen LogP contribution in [0.4, 0.5) is 8.78 Å². The molecule has 0 aliphatic carbocycles. The van der Waals surface area contributed by atoms with Crippen molar-refractivity contribution < 1.29 is 34.3 Å². The maximum absolute atomic E-state index is 13.5. The summed E-state index contributed by atoms with van der Waals surface area (Å²) in [5.41, 5.74) is -1.18. The molecule has 0 radical (unpaired) electrons. The molecule has 0 saturated heterocycles. The SMILES string of the molecule is Cc1c(F)cc(-c2c(O)c(O)c(O)c(O)c2O)cc1F. The average molecular weight is 284 g/mol. The lowest BCUT2D eigenvalue weighted by molar-refractivity contribution is 0.330. The molecule has 0 atom stereocenters. The predicted octanol–water partition coefficient (Wildman–Crippen LogP) is 2.47. The molecule has 5 N–H and O–H groups in total. The van der Waals surface area contributed by atoms with E-state index in [0.717, 1.165) is 12.1 Å².